The van der Waals surface area contributed by atoms with Crippen molar-refractivity contribution < 1.29 is 4.42 Å². The van der Waals surface area contributed by atoms with Crippen molar-refractivity contribution in [2.75, 3.05) is 4.90 Å². The molecule has 0 bridgehead atoms. The zero-order chi connectivity index (χ0) is 48.2. The third kappa shape index (κ3) is 7.46. The number of furan rings is 1. The number of nitrogens with zero attached hydrogens (tertiary/aromatic N) is 2. The predicted molar refractivity (Wildman–Crippen MR) is 307 cm³/mol. The minimum absolute atomic E-state index is 0.908. The topological polar surface area (TPSA) is 21.3 Å². The number of para-hydroxylation sites is 4. The lowest BCUT2D eigenvalue weighted by Gasteiger charge is -2.26. The Bertz CT molecular complexity index is 4280. The lowest BCUT2D eigenvalue weighted by molar-refractivity contribution is 0.670. The molecule has 0 spiro atoms. The van der Waals surface area contributed by atoms with Crippen LogP contribution in [0.5, 0.6) is 0 Å². The fraction of sp³-hybridized carbons (Fsp3) is 0. The van der Waals surface area contributed by atoms with Gasteiger partial charge >= 0.3 is 0 Å². The van der Waals surface area contributed by atoms with Crippen LogP contribution in [-0.4, -0.2) is 4.57 Å². The van der Waals surface area contributed by atoms with E-state index in [0.717, 1.165) is 78.1 Å². The normalized spacial score (nSPS) is 11.6. The maximum Gasteiger partial charge on any atom is 0.143 e. The fourth-order valence-corrected chi connectivity index (χ4v) is 11.0. The largest absolute Gasteiger partial charge is 0.455 e. The molecule has 0 amide bonds. The van der Waals surface area contributed by atoms with Crippen LogP contribution in [0.3, 0.4) is 0 Å². The summed E-state index contributed by atoms with van der Waals surface area (Å²) in [6.07, 6.45) is 0. The summed E-state index contributed by atoms with van der Waals surface area (Å²) in [4.78, 5) is 2.36. The van der Waals surface area contributed by atoms with Gasteiger partial charge in [-0.05, 0) is 122 Å². The molecule has 0 saturated carbocycles. The van der Waals surface area contributed by atoms with Crippen LogP contribution in [0.15, 0.2) is 283 Å². The number of rotatable bonds is 9. The molecular formula is C70H46N2O. The maximum absolute atomic E-state index is 6.40. The summed E-state index contributed by atoms with van der Waals surface area (Å²) in [5.74, 6) is 0. The van der Waals surface area contributed by atoms with Crippen LogP contribution in [0.1, 0.15) is 0 Å². The van der Waals surface area contributed by atoms with Crippen molar-refractivity contribution in [3.63, 3.8) is 0 Å². The van der Waals surface area contributed by atoms with Crippen LogP contribution in [0.2, 0.25) is 0 Å². The van der Waals surface area contributed by atoms with Crippen LogP contribution in [-0.2, 0) is 0 Å². The average molecular weight is 931 g/mol. The third-order valence-corrected chi connectivity index (χ3v) is 14.6. The highest BCUT2D eigenvalue weighted by molar-refractivity contribution is 6.11. The van der Waals surface area contributed by atoms with Crippen LogP contribution in [0.25, 0.3) is 116 Å². The Kier molecular flexibility index (Phi) is 10.2. The molecule has 0 atom stereocenters. The van der Waals surface area contributed by atoms with Gasteiger partial charge in [-0.3, -0.25) is 0 Å². The van der Waals surface area contributed by atoms with Gasteiger partial charge in [0.1, 0.15) is 11.2 Å². The van der Waals surface area contributed by atoms with Gasteiger partial charge in [0.05, 0.1) is 16.7 Å². The van der Waals surface area contributed by atoms with E-state index in [1.54, 1.807) is 0 Å². The molecule has 0 aliphatic carbocycles. The maximum atomic E-state index is 6.40. The van der Waals surface area contributed by atoms with Crippen molar-refractivity contribution in [1.29, 1.82) is 0 Å². The Hall–Kier alpha value is -9.70. The SMILES string of the molecule is c1ccc(-c2ccc(-c3ccc(N(c4ccc(-c5ccc(-c6cccc7c6oc6ccccc67)cc5)cc4)c4ccc(-c5ccc6ccccc6c5)cc4)cc3)c(-n3c4ccccc4c4ccccc43)c2)cc1. The van der Waals surface area contributed by atoms with Crippen molar-refractivity contribution in [3.05, 3.63) is 279 Å². The first-order valence-corrected chi connectivity index (χ1v) is 25.0. The molecule has 342 valence electrons. The number of anilines is 3. The van der Waals surface area contributed by atoms with Gasteiger partial charge in [-0.15, -0.1) is 0 Å². The van der Waals surface area contributed by atoms with Crippen molar-refractivity contribution >= 4 is 71.6 Å². The highest BCUT2D eigenvalue weighted by Gasteiger charge is 2.19. The zero-order valence-corrected chi connectivity index (χ0v) is 39.9. The standard InChI is InChI=1S/C70H46N2O/c1-2-13-47(14-3-1)56-37-44-60(68(46-56)72-66-22-9-6-17-62(66)63-18-7-10-23-67(63)72)52-35-42-59(43-36-52)71(58-40-33-51(34-41-58)55-30-27-48-15-4-5-16-54(48)45-55)57-38-31-50(32-39-57)49-25-28-53(29-26-49)61-20-12-21-65-64-19-8-11-24-69(64)73-70(61)65/h1-46H. The van der Waals surface area contributed by atoms with Gasteiger partial charge < -0.3 is 13.9 Å². The van der Waals surface area contributed by atoms with Crippen LogP contribution >= 0.6 is 0 Å². The van der Waals surface area contributed by atoms with Crippen molar-refractivity contribution in [3.8, 4) is 61.3 Å². The van der Waals surface area contributed by atoms with Gasteiger partial charge in [0.25, 0.3) is 0 Å². The summed E-state index contributed by atoms with van der Waals surface area (Å²) in [5, 5.41) is 7.24. The van der Waals surface area contributed by atoms with E-state index in [1.807, 2.05) is 12.1 Å². The Labute approximate surface area is 423 Å². The molecule has 3 heteroatoms. The molecule has 2 heterocycles. The first-order valence-electron chi connectivity index (χ1n) is 25.0. The van der Waals surface area contributed by atoms with E-state index in [4.69, 9.17) is 4.42 Å². The Balaban J connectivity index is 0.845. The second-order valence-electron chi connectivity index (χ2n) is 18.9. The van der Waals surface area contributed by atoms with E-state index in [0.29, 0.717) is 0 Å². The zero-order valence-electron chi connectivity index (χ0n) is 39.9. The van der Waals surface area contributed by atoms with Gasteiger partial charge in [0.2, 0.25) is 0 Å². The van der Waals surface area contributed by atoms with E-state index < -0.39 is 0 Å². The molecular weight excluding hydrogens is 885 g/mol. The van der Waals surface area contributed by atoms with Gasteiger partial charge in [0.15, 0.2) is 0 Å². The number of hydrogen-bond acceptors (Lipinski definition) is 2. The third-order valence-electron chi connectivity index (χ3n) is 14.6. The molecule has 3 nitrogen and oxygen atoms in total. The highest BCUT2D eigenvalue weighted by Crippen LogP contribution is 2.42. The predicted octanol–water partition coefficient (Wildman–Crippen LogP) is 19.6. The van der Waals surface area contributed by atoms with E-state index >= 15 is 0 Å². The molecule has 0 aliphatic rings. The Morgan fingerprint density at radius 2 is 0.726 bits per heavy atom. The van der Waals surface area contributed by atoms with Crippen LogP contribution < -0.4 is 4.90 Å². The second kappa shape index (κ2) is 17.6. The minimum atomic E-state index is 0.908. The lowest BCUT2D eigenvalue weighted by Crippen LogP contribution is -2.09. The Morgan fingerprint density at radius 3 is 1.40 bits per heavy atom. The molecule has 0 aliphatic heterocycles. The average Bonchev–Trinajstić information content (AvgIpc) is 4.03. The quantitative estimate of drug-likeness (QED) is 0.144. The number of benzene rings is 12. The molecule has 0 fully saturated rings. The van der Waals surface area contributed by atoms with Crippen LogP contribution in [0.4, 0.5) is 17.1 Å². The molecule has 2 aromatic heterocycles. The van der Waals surface area contributed by atoms with Crippen molar-refractivity contribution in [2.24, 2.45) is 0 Å². The van der Waals surface area contributed by atoms with Crippen molar-refractivity contribution in [1.82, 2.24) is 4.57 Å². The van der Waals surface area contributed by atoms with Gasteiger partial charge in [-0.25, -0.2) is 0 Å². The molecule has 14 aromatic rings. The minimum Gasteiger partial charge on any atom is -0.455 e. The number of hydrogen-bond donors (Lipinski definition) is 0. The first-order chi connectivity index (χ1) is 36.2. The van der Waals surface area contributed by atoms with Gasteiger partial charge in [-0.1, -0.05) is 212 Å². The Morgan fingerprint density at radius 1 is 0.274 bits per heavy atom. The first kappa shape index (κ1) is 42.2. The van der Waals surface area contributed by atoms with Gasteiger partial charge in [0, 0.05) is 49.7 Å². The summed E-state index contributed by atoms with van der Waals surface area (Å²) >= 11 is 0. The number of aromatic nitrogens is 1. The molecule has 73 heavy (non-hydrogen) atoms. The van der Waals surface area contributed by atoms with Gasteiger partial charge in [-0.2, -0.15) is 0 Å². The monoisotopic (exact) mass is 930 g/mol. The van der Waals surface area contributed by atoms with E-state index in [-0.39, 0.29) is 0 Å². The summed E-state index contributed by atoms with van der Waals surface area (Å²) < 4.78 is 8.84. The van der Waals surface area contributed by atoms with E-state index in [2.05, 4.69) is 276 Å². The molecule has 0 N–H and O–H groups in total. The summed E-state index contributed by atoms with van der Waals surface area (Å²) in [6.45, 7) is 0. The smallest absolute Gasteiger partial charge is 0.143 e. The lowest BCUT2D eigenvalue weighted by atomic mass is 9.97. The van der Waals surface area contributed by atoms with Crippen LogP contribution in [0, 0.1) is 0 Å². The molecule has 12 aromatic carbocycles. The van der Waals surface area contributed by atoms with E-state index in [9.17, 15) is 0 Å². The summed E-state index contributed by atoms with van der Waals surface area (Å²) in [6, 6.07) is 101. The fourth-order valence-electron chi connectivity index (χ4n) is 11.0. The molecule has 0 saturated heterocycles. The number of fused-ring (bicyclic) bond motifs is 7. The highest BCUT2D eigenvalue weighted by atomic mass is 16.3. The molecule has 0 radical (unpaired) electrons. The van der Waals surface area contributed by atoms with E-state index in [1.165, 1.54) is 54.8 Å². The molecule has 0 unspecified atom stereocenters. The summed E-state index contributed by atoms with van der Waals surface area (Å²) in [7, 11) is 0. The van der Waals surface area contributed by atoms with Crippen molar-refractivity contribution in [2.45, 2.75) is 0 Å². The second-order valence-corrected chi connectivity index (χ2v) is 18.9. The molecule has 14 rings (SSSR count). The summed E-state index contributed by atoms with van der Waals surface area (Å²) in [5.41, 5.74) is 20.1.